The number of hydrogen-bond acceptors (Lipinski definition) is 3. The third-order valence-electron chi connectivity index (χ3n) is 3.14. The van der Waals surface area contributed by atoms with E-state index in [0.717, 1.165) is 25.7 Å². The summed E-state index contributed by atoms with van der Waals surface area (Å²) in [7, 11) is 0. The summed E-state index contributed by atoms with van der Waals surface area (Å²) in [5.41, 5.74) is 0.600. The summed E-state index contributed by atoms with van der Waals surface area (Å²) in [4.78, 5) is 0. The van der Waals surface area contributed by atoms with E-state index in [0.29, 0.717) is 5.69 Å². The van der Waals surface area contributed by atoms with Crippen LogP contribution in [0.4, 0.5) is 18.9 Å². The Kier molecular flexibility index (Phi) is 4.19. The Balaban J connectivity index is 1.95. The molecule has 1 aliphatic carbocycles. The van der Waals surface area contributed by atoms with Gasteiger partial charge in [-0.2, -0.15) is 0 Å². The van der Waals surface area contributed by atoms with Crippen molar-refractivity contribution in [2.45, 2.75) is 44.2 Å². The second kappa shape index (κ2) is 5.69. The highest BCUT2D eigenvalue weighted by Gasteiger charge is 2.31. The molecule has 0 aliphatic heterocycles. The van der Waals surface area contributed by atoms with Crippen molar-refractivity contribution in [3.63, 3.8) is 0 Å². The Morgan fingerprint density at radius 2 is 1.84 bits per heavy atom. The van der Waals surface area contributed by atoms with Crippen LogP contribution in [-0.2, 0) is 0 Å². The van der Waals surface area contributed by atoms with E-state index in [1.165, 1.54) is 18.2 Å². The van der Waals surface area contributed by atoms with Crippen LogP contribution in [0.1, 0.15) is 25.7 Å². The highest BCUT2D eigenvalue weighted by Crippen LogP contribution is 2.27. The first-order valence-corrected chi connectivity index (χ1v) is 6.23. The SMILES string of the molecule is OC1CCC(Nc2cccc(OC(F)(F)F)c2)CC1. The van der Waals surface area contributed by atoms with Gasteiger partial charge in [0.2, 0.25) is 0 Å². The summed E-state index contributed by atoms with van der Waals surface area (Å²) in [5, 5.41) is 12.6. The van der Waals surface area contributed by atoms with Crippen molar-refractivity contribution < 1.29 is 23.0 Å². The molecule has 1 aliphatic rings. The number of alkyl halides is 3. The average molecular weight is 275 g/mol. The van der Waals surface area contributed by atoms with Crippen LogP contribution in [0.15, 0.2) is 24.3 Å². The first kappa shape index (κ1) is 14.0. The van der Waals surface area contributed by atoms with Gasteiger partial charge in [-0.05, 0) is 37.8 Å². The van der Waals surface area contributed by atoms with E-state index in [-0.39, 0.29) is 17.9 Å². The lowest BCUT2D eigenvalue weighted by Gasteiger charge is -2.27. The van der Waals surface area contributed by atoms with Gasteiger partial charge in [-0.1, -0.05) is 6.07 Å². The van der Waals surface area contributed by atoms with E-state index in [1.54, 1.807) is 6.07 Å². The Morgan fingerprint density at radius 1 is 1.16 bits per heavy atom. The Labute approximate surface area is 109 Å². The van der Waals surface area contributed by atoms with E-state index in [2.05, 4.69) is 10.1 Å². The van der Waals surface area contributed by atoms with Crippen LogP contribution in [0.5, 0.6) is 5.75 Å². The quantitative estimate of drug-likeness (QED) is 0.889. The fourth-order valence-electron chi connectivity index (χ4n) is 2.24. The van der Waals surface area contributed by atoms with Crippen molar-refractivity contribution in [3.8, 4) is 5.75 Å². The number of benzene rings is 1. The number of rotatable bonds is 3. The van der Waals surface area contributed by atoms with Crippen molar-refractivity contribution in [1.82, 2.24) is 0 Å². The van der Waals surface area contributed by atoms with Gasteiger partial charge in [0.05, 0.1) is 6.10 Å². The Bertz CT molecular complexity index is 415. The molecule has 0 saturated heterocycles. The van der Waals surface area contributed by atoms with Crippen molar-refractivity contribution >= 4 is 5.69 Å². The zero-order valence-electron chi connectivity index (χ0n) is 10.3. The monoisotopic (exact) mass is 275 g/mol. The molecule has 0 heterocycles. The molecule has 6 heteroatoms. The number of ether oxygens (including phenoxy) is 1. The Morgan fingerprint density at radius 3 is 2.47 bits per heavy atom. The molecule has 0 unspecified atom stereocenters. The van der Waals surface area contributed by atoms with Gasteiger partial charge in [0.15, 0.2) is 0 Å². The fraction of sp³-hybridized carbons (Fsp3) is 0.538. The van der Waals surface area contributed by atoms with E-state index < -0.39 is 6.36 Å². The van der Waals surface area contributed by atoms with Gasteiger partial charge >= 0.3 is 6.36 Å². The summed E-state index contributed by atoms with van der Waals surface area (Å²) in [6.07, 6.45) is -1.87. The largest absolute Gasteiger partial charge is 0.573 e. The van der Waals surface area contributed by atoms with Crippen molar-refractivity contribution in [2.24, 2.45) is 0 Å². The summed E-state index contributed by atoms with van der Waals surface area (Å²) in [5.74, 6) is -0.228. The maximum atomic E-state index is 12.1. The van der Waals surface area contributed by atoms with Gasteiger partial charge in [-0.25, -0.2) is 0 Å². The molecule has 19 heavy (non-hydrogen) atoms. The molecule has 0 spiro atoms. The van der Waals surface area contributed by atoms with Gasteiger partial charge in [0.25, 0.3) is 0 Å². The molecule has 0 atom stereocenters. The molecule has 0 radical (unpaired) electrons. The van der Waals surface area contributed by atoms with E-state index in [1.807, 2.05) is 0 Å². The van der Waals surface area contributed by atoms with Crippen LogP contribution < -0.4 is 10.1 Å². The predicted molar refractivity (Wildman–Crippen MR) is 65.0 cm³/mol. The number of aliphatic hydroxyl groups excluding tert-OH is 1. The molecule has 2 rings (SSSR count). The van der Waals surface area contributed by atoms with Gasteiger partial charge in [-0.15, -0.1) is 13.2 Å². The van der Waals surface area contributed by atoms with Crippen molar-refractivity contribution in [3.05, 3.63) is 24.3 Å². The maximum absolute atomic E-state index is 12.1. The van der Waals surface area contributed by atoms with Crippen molar-refractivity contribution in [2.75, 3.05) is 5.32 Å². The zero-order valence-corrected chi connectivity index (χ0v) is 10.3. The number of nitrogens with one attached hydrogen (secondary N) is 1. The van der Waals surface area contributed by atoms with Crippen LogP contribution in [0.25, 0.3) is 0 Å². The third-order valence-corrected chi connectivity index (χ3v) is 3.14. The smallest absolute Gasteiger partial charge is 0.406 e. The first-order chi connectivity index (χ1) is 8.92. The van der Waals surface area contributed by atoms with Crippen LogP contribution in [0, 0.1) is 0 Å². The van der Waals surface area contributed by atoms with E-state index in [4.69, 9.17) is 0 Å². The minimum absolute atomic E-state index is 0.185. The zero-order chi connectivity index (χ0) is 13.9. The molecule has 1 fully saturated rings. The standard InChI is InChI=1S/C13H16F3NO2/c14-13(15,16)19-12-3-1-2-10(8-12)17-9-4-6-11(18)7-5-9/h1-3,8-9,11,17-18H,4-7H2. The third kappa shape index (κ3) is 4.63. The molecular formula is C13H16F3NO2. The molecular weight excluding hydrogens is 259 g/mol. The normalized spacial score (nSPS) is 24.0. The van der Waals surface area contributed by atoms with Crippen LogP contribution in [0.3, 0.4) is 0 Å². The highest BCUT2D eigenvalue weighted by atomic mass is 19.4. The lowest BCUT2D eigenvalue weighted by atomic mass is 9.93. The molecule has 1 aromatic carbocycles. The predicted octanol–water partition coefficient (Wildman–Crippen LogP) is 3.30. The first-order valence-electron chi connectivity index (χ1n) is 6.23. The topological polar surface area (TPSA) is 41.5 Å². The minimum Gasteiger partial charge on any atom is -0.406 e. The van der Waals surface area contributed by atoms with Crippen LogP contribution >= 0.6 is 0 Å². The molecule has 0 amide bonds. The Hall–Kier alpha value is -1.43. The number of aliphatic hydroxyl groups is 1. The number of halogens is 3. The minimum atomic E-state index is -4.67. The van der Waals surface area contributed by atoms with Gasteiger partial charge in [-0.3, -0.25) is 0 Å². The second-order valence-electron chi connectivity index (χ2n) is 4.73. The summed E-state index contributed by atoms with van der Waals surface area (Å²) in [6.45, 7) is 0. The summed E-state index contributed by atoms with van der Waals surface area (Å²) < 4.78 is 40.2. The highest BCUT2D eigenvalue weighted by molar-refractivity contribution is 5.49. The number of anilines is 1. The van der Waals surface area contributed by atoms with Crippen molar-refractivity contribution in [1.29, 1.82) is 0 Å². The summed E-state index contributed by atoms with van der Waals surface area (Å²) in [6, 6.07) is 6.00. The molecule has 2 N–H and O–H groups in total. The average Bonchev–Trinajstić information content (AvgIpc) is 2.30. The molecule has 1 aromatic rings. The van der Waals surface area contributed by atoms with Gasteiger partial charge in [0.1, 0.15) is 5.75 Å². The molecule has 1 saturated carbocycles. The van der Waals surface area contributed by atoms with Crippen LogP contribution in [0.2, 0.25) is 0 Å². The second-order valence-corrected chi connectivity index (χ2v) is 4.73. The molecule has 0 aromatic heterocycles. The van der Waals surface area contributed by atoms with E-state index in [9.17, 15) is 18.3 Å². The lowest BCUT2D eigenvalue weighted by Crippen LogP contribution is -2.28. The maximum Gasteiger partial charge on any atom is 0.573 e. The molecule has 3 nitrogen and oxygen atoms in total. The van der Waals surface area contributed by atoms with Crippen LogP contribution in [-0.4, -0.2) is 23.6 Å². The summed E-state index contributed by atoms with van der Waals surface area (Å²) >= 11 is 0. The van der Waals surface area contributed by atoms with Gasteiger partial charge in [0, 0.05) is 17.8 Å². The fourth-order valence-corrected chi connectivity index (χ4v) is 2.24. The lowest BCUT2D eigenvalue weighted by molar-refractivity contribution is -0.274. The van der Waals surface area contributed by atoms with E-state index >= 15 is 0 Å². The van der Waals surface area contributed by atoms with Gasteiger partial charge < -0.3 is 15.2 Å². The molecule has 106 valence electrons. The molecule has 0 bridgehead atoms. The number of hydrogen-bond donors (Lipinski definition) is 2.